The molecule has 0 spiro atoms. The monoisotopic (exact) mass is 222 g/mol. The highest BCUT2D eigenvalue weighted by Gasteiger charge is 2.37. The highest BCUT2D eigenvalue weighted by atomic mass is 19.3. The van der Waals surface area contributed by atoms with Crippen molar-refractivity contribution in [2.45, 2.75) is 44.1 Å². The number of alkyl halides is 2. The van der Waals surface area contributed by atoms with Crippen LogP contribution in [0.15, 0.2) is 0 Å². The molecule has 0 saturated heterocycles. The smallest absolute Gasteiger partial charge is 0.308 e. The highest BCUT2D eigenvalue weighted by molar-refractivity contribution is 5.69. The number of aliphatic hydroxyl groups is 1. The van der Waals surface area contributed by atoms with Crippen molar-refractivity contribution in [1.82, 2.24) is 0 Å². The molecular weight excluding hydrogens is 206 g/mol. The van der Waals surface area contributed by atoms with Crippen LogP contribution < -0.4 is 0 Å². The lowest BCUT2D eigenvalue weighted by Crippen LogP contribution is -2.32. The van der Waals surface area contributed by atoms with Gasteiger partial charge in [0.25, 0.3) is 0 Å². The van der Waals surface area contributed by atoms with Crippen LogP contribution in [0.3, 0.4) is 0 Å². The van der Waals surface area contributed by atoms with E-state index in [0.717, 1.165) is 0 Å². The number of hydrogen-bond donors (Lipinski definition) is 1. The van der Waals surface area contributed by atoms with E-state index < -0.39 is 18.0 Å². The Bertz CT molecular complexity index is 221. The van der Waals surface area contributed by atoms with Crippen molar-refractivity contribution in [3.05, 3.63) is 0 Å². The Morgan fingerprint density at radius 3 is 2.53 bits per heavy atom. The summed E-state index contributed by atoms with van der Waals surface area (Å²) in [6, 6.07) is 0. The van der Waals surface area contributed by atoms with Crippen molar-refractivity contribution in [2.75, 3.05) is 7.11 Å². The number of hydrogen-bond acceptors (Lipinski definition) is 3. The summed E-state index contributed by atoms with van der Waals surface area (Å²) in [5, 5.41) is 9.60. The van der Waals surface area contributed by atoms with Crippen molar-refractivity contribution < 1.29 is 23.4 Å². The quantitative estimate of drug-likeness (QED) is 0.740. The summed E-state index contributed by atoms with van der Waals surface area (Å²) in [5.41, 5.74) is 0. The summed E-state index contributed by atoms with van der Waals surface area (Å²) < 4.78 is 30.0. The van der Waals surface area contributed by atoms with Crippen LogP contribution in [0, 0.1) is 5.92 Å². The third-order valence-corrected chi connectivity index (χ3v) is 2.91. The predicted octanol–water partition coefficient (Wildman–Crippen LogP) is 1.74. The summed E-state index contributed by atoms with van der Waals surface area (Å²) >= 11 is 0. The molecule has 1 aliphatic rings. The first-order chi connectivity index (χ1) is 6.94. The molecule has 0 bridgehead atoms. The molecule has 5 heteroatoms. The average molecular weight is 222 g/mol. The lowest BCUT2D eigenvalue weighted by Gasteiger charge is -2.30. The molecule has 0 aliphatic heterocycles. The maximum absolute atomic E-state index is 12.8. The Morgan fingerprint density at radius 2 is 2.07 bits per heavy atom. The molecule has 1 rings (SSSR count). The van der Waals surface area contributed by atoms with Crippen molar-refractivity contribution in [2.24, 2.45) is 5.92 Å². The minimum Gasteiger partial charge on any atom is -0.469 e. The molecule has 1 N–H and O–H groups in total. The van der Waals surface area contributed by atoms with Crippen LogP contribution in [0.5, 0.6) is 0 Å². The maximum atomic E-state index is 12.8. The normalized spacial score (nSPS) is 23.5. The molecule has 3 nitrogen and oxygen atoms in total. The first-order valence-electron chi connectivity index (χ1n) is 5.07. The molecule has 1 aliphatic carbocycles. The van der Waals surface area contributed by atoms with E-state index >= 15 is 0 Å². The molecule has 0 aromatic rings. The molecule has 0 heterocycles. The van der Waals surface area contributed by atoms with Crippen LogP contribution in [-0.2, 0) is 9.53 Å². The molecule has 1 fully saturated rings. The summed E-state index contributed by atoms with van der Waals surface area (Å²) in [7, 11) is 1.24. The number of esters is 1. The van der Waals surface area contributed by atoms with Crippen LogP contribution in [0.1, 0.15) is 32.1 Å². The average Bonchev–Trinajstić information content (AvgIpc) is 2.17. The Hall–Kier alpha value is -0.710. The second kappa shape index (κ2) is 4.88. The number of carbonyl (C=O) groups is 1. The van der Waals surface area contributed by atoms with E-state index in [1.165, 1.54) is 7.11 Å². The summed E-state index contributed by atoms with van der Waals surface area (Å²) in [6.07, 6.45) is -0.817. The van der Waals surface area contributed by atoms with Gasteiger partial charge in [-0.15, -0.1) is 0 Å². The van der Waals surface area contributed by atoms with E-state index in [9.17, 15) is 18.7 Å². The maximum Gasteiger partial charge on any atom is 0.308 e. The lowest BCUT2D eigenvalue weighted by molar-refractivity contribution is -0.144. The fraction of sp³-hybridized carbons (Fsp3) is 0.900. The Kier molecular flexibility index (Phi) is 4.02. The van der Waals surface area contributed by atoms with Gasteiger partial charge in [0.1, 0.15) is 0 Å². The molecule has 0 aromatic heterocycles. The second-order valence-corrected chi connectivity index (χ2v) is 4.04. The highest BCUT2D eigenvalue weighted by Crippen LogP contribution is 2.37. The van der Waals surface area contributed by atoms with E-state index in [2.05, 4.69) is 4.74 Å². The number of rotatable bonds is 3. The van der Waals surface area contributed by atoms with Gasteiger partial charge < -0.3 is 9.84 Å². The zero-order valence-electron chi connectivity index (χ0n) is 8.71. The SMILES string of the molecule is COC(=O)C[C@H](O)C1CCC(F)(F)CC1. The van der Waals surface area contributed by atoms with Gasteiger partial charge in [0.05, 0.1) is 19.6 Å². The summed E-state index contributed by atoms with van der Waals surface area (Å²) in [4.78, 5) is 10.9. The third-order valence-electron chi connectivity index (χ3n) is 2.91. The van der Waals surface area contributed by atoms with Crippen LogP contribution >= 0.6 is 0 Å². The molecule has 0 aromatic carbocycles. The Labute approximate surface area is 87.4 Å². The molecule has 0 amide bonds. The van der Waals surface area contributed by atoms with Gasteiger partial charge in [-0.25, -0.2) is 8.78 Å². The van der Waals surface area contributed by atoms with E-state index in [-0.39, 0.29) is 38.0 Å². The van der Waals surface area contributed by atoms with Crippen LogP contribution in [0.25, 0.3) is 0 Å². The Balaban J connectivity index is 2.36. The minimum absolute atomic E-state index is 0.104. The van der Waals surface area contributed by atoms with E-state index in [1.807, 2.05) is 0 Å². The minimum atomic E-state index is -2.60. The third kappa shape index (κ3) is 3.74. The van der Waals surface area contributed by atoms with Gasteiger partial charge in [0, 0.05) is 12.8 Å². The zero-order chi connectivity index (χ0) is 11.5. The van der Waals surface area contributed by atoms with Crippen molar-refractivity contribution >= 4 is 5.97 Å². The summed E-state index contributed by atoms with van der Waals surface area (Å²) in [6.45, 7) is 0. The van der Waals surface area contributed by atoms with Gasteiger partial charge in [-0.1, -0.05) is 0 Å². The van der Waals surface area contributed by atoms with Gasteiger partial charge in [0.15, 0.2) is 0 Å². The van der Waals surface area contributed by atoms with Crippen LogP contribution in [0.4, 0.5) is 8.78 Å². The molecule has 1 atom stereocenters. The second-order valence-electron chi connectivity index (χ2n) is 4.04. The standard InChI is InChI=1S/C10H16F2O3/c1-15-9(14)6-8(13)7-2-4-10(11,12)5-3-7/h7-8,13H,2-6H2,1H3/t8-/m0/s1. The fourth-order valence-corrected chi connectivity index (χ4v) is 1.87. The fourth-order valence-electron chi connectivity index (χ4n) is 1.87. The number of methoxy groups -OCH3 is 1. The number of halogens is 2. The van der Waals surface area contributed by atoms with Crippen molar-refractivity contribution in [1.29, 1.82) is 0 Å². The lowest BCUT2D eigenvalue weighted by atomic mass is 9.82. The van der Waals surface area contributed by atoms with Gasteiger partial charge in [-0.2, -0.15) is 0 Å². The van der Waals surface area contributed by atoms with Gasteiger partial charge in [-0.05, 0) is 18.8 Å². The zero-order valence-corrected chi connectivity index (χ0v) is 8.71. The first-order valence-corrected chi connectivity index (χ1v) is 5.07. The van der Waals surface area contributed by atoms with Crippen LogP contribution in [-0.4, -0.2) is 30.2 Å². The van der Waals surface area contributed by atoms with E-state index in [1.54, 1.807) is 0 Å². The number of ether oxygens (including phenoxy) is 1. The first kappa shape index (κ1) is 12.4. The topological polar surface area (TPSA) is 46.5 Å². The van der Waals surface area contributed by atoms with Gasteiger partial charge in [-0.3, -0.25) is 4.79 Å². The van der Waals surface area contributed by atoms with Crippen LogP contribution in [0.2, 0.25) is 0 Å². The largest absolute Gasteiger partial charge is 0.469 e. The van der Waals surface area contributed by atoms with Crippen molar-refractivity contribution in [3.63, 3.8) is 0 Å². The van der Waals surface area contributed by atoms with Gasteiger partial charge in [0.2, 0.25) is 5.92 Å². The molecule has 15 heavy (non-hydrogen) atoms. The molecule has 0 unspecified atom stereocenters. The predicted molar refractivity (Wildman–Crippen MR) is 49.5 cm³/mol. The van der Waals surface area contributed by atoms with Crippen molar-refractivity contribution in [3.8, 4) is 0 Å². The Morgan fingerprint density at radius 1 is 1.53 bits per heavy atom. The molecular formula is C10H16F2O3. The molecule has 1 saturated carbocycles. The molecule has 0 radical (unpaired) electrons. The van der Waals surface area contributed by atoms with E-state index in [0.29, 0.717) is 0 Å². The number of aliphatic hydroxyl groups excluding tert-OH is 1. The summed E-state index contributed by atoms with van der Waals surface area (Å²) in [5.74, 6) is -3.30. The molecule has 88 valence electrons. The van der Waals surface area contributed by atoms with E-state index in [4.69, 9.17) is 0 Å². The number of carbonyl (C=O) groups excluding carboxylic acids is 1. The van der Waals surface area contributed by atoms with Gasteiger partial charge >= 0.3 is 5.97 Å².